The Morgan fingerprint density at radius 2 is 1.62 bits per heavy atom. The molecule has 0 aliphatic carbocycles. The summed E-state index contributed by atoms with van der Waals surface area (Å²) in [7, 11) is 0. The first-order chi connectivity index (χ1) is 7.31. The van der Waals surface area contributed by atoms with Crippen molar-refractivity contribution in [1.82, 2.24) is 16.0 Å². The fourth-order valence-corrected chi connectivity index (χ4v) is 1.39. The molecule has 0 aromatic carbocycles. The molecule has 0 rings (SSSR count). The second-order valence-corrected chi connectivity index (χ2v) is 5.00. The Labute approximate surface area is 99.0 Å². The lowest BCUT2D eigenvalue weighted by molar-refractivity contribution is -0.134. The predicted molar refractivity (Wildman–Crippen MR) is 67.4 cm³/mol. The van der Waals surface area contributed by atoms with E-state index in [2.05, 4.69) is 38.2 Å². The minimum Gasteiger partial charge on any atom is -0.267 e. The number of hydrogen-bond donors (Lipinski definition) is 2. The van der Waals surface area contributed by atoms with Gasteiger partial charge < -0.3 is 0 Å². The molecule has 0 saturated heterocycles. The molecule has 0 bridgehead atoms. The molecule has 0 spiro atoms. The highest BCUT2D eigenvalue weighted by atomic mass is 16.2. The van der Waals surface area contributed by atoms with Crippen molar-refractivity contribution in [1.29, 1.82) is 0 Å². The van der Waals surface area contributed by atoms with Crippen LogP contribution in [-0.4, -0.2) is 24.1 Å². The monoisotopic (exact) mass is 227 g/mol. The van der Waals surface area contributed by atoms with Crippen LogP contribution in [0.1, 0.15) is 41.0 Å². The molecule has 4 nitrogen and oxygen atoms in total. The van der Waals surface area contributed by atoms with Gasteiger partial charge in [0, 0.05) is 18.7 Å². The van der Waals surface area contributed by atoms with Gasteiger partial charge in [-0.1, -0.05) is 41.2 Å². The fraction of sp³-hybridized carbons (Fsp3) is 0.750. The van der Waals surface area contributed by atoms with Gasteiger partial charge in [-0.25, -0.2) is 16.0 Å². The van der Waals surface area contributed by atoms with E-state index in [1.807, 2.05) is 13.8 Å². The number of rotatable bonds is 6. The number of carbonyl (C=O) groups is 1. The predicted octanol–water partition coefficient (Wildman–Crippen LogP) is 1.86. The number of amides is 1. The highest BCUT2D eigenvalue weighted by molar-refractivity contribution is 5.92. The summed E-state index contributed by atoms with van der Waals surface area (Å²) in [5, 5.41) is 1.42. The molecule has 4 heteroatoms. The molecule has 0 aromatic heterocycles. The van der Waals surface area contributed by atoms with Gasteiger partial charge in [-0.3, -0.25) is 4.79 Å². The maximum absolute atomic E-state index is 12.0. The third-order valence-corrected chi connectivity index (χ3v) is 1.88. The van der Waals surface area contributed by atoms with E-state index in [0.29, 0.717) is 25.1 Å². The Bertz CT molecular complexity index is 237. The minimum atomic E-state index is -0.0846. The lowest BCUT2D eigenvalue weighted by Crippen LogP contribution is -2.52. The molecular weight excluding hydrogens is 202 g/mol. The van der Waals surface area contributed by atoms with Gasteiger partial charge in [0.05, 0.1) is 0 Å². The molecule has 0 radical (unpaired) electrons. The number of carbonyl (C=O) groups excluding carboxylic acids is 1. The second-order valence-electron chi connectivity index (χ2n) is 5.00. The molecule has 0 aliphatic rings. The van der Waals surface area contributed by atoms with Crippen LogP contribution in [0.3, 0.4) is 0 Å². The highest BCUT2D eigenvalue weighted by Gasteiger charge is 2.20. The van der Waals surface area contributed by atoms with Crippen molar-refractivity contribution >= 4 is 5.91 Å². The first-order valence-electron chi connectivity index (χ1n) is 5.81. The molecule has 0 aliphatic heterocycles. The molecule has 0 saturated carbocycles. The molecule has 94 valence electrons. The number of nitrogens with one attached hydrogen (secondary N) is 2. The summed E-state index contributed by atoms with van der Waals surface area (Å²) in [6.45, 7) is 15.4. The summed E-state index contributed by atoms with van der Waals surface area (Å²) in [6.07, 6.45) is 0.694. The SMILES string of the molecule is C=C(CC(C)(C)C)C(=O)N(NCC)NCC. The summed E-state index contributed by atoms with van der Waals surface area (Å²) < 4.78 is 0. The van der Waals surface area contributed by atoms with Crippen molar-refractivity contribution in [3.8, 4) is 0 Å². The van der Waals surface area contributed by atoms with Crippen LogP contribution in [0, 0.1) is 5.41 Å². The van der Waals surface area contributed by atoms with Crippen LogP contribution in [0.5, 0.6) is 0 Å². The van der Waals surface area contributed by atoms with E-state index in [0.717, 1.165) is 0 Å². The fourth-order valence-electron chi connectivity index (χ4n) is 1.39. The van der Waals surface area contributed by atoms with Gasteiger partial charge in [0.1, 0.15) is 0 Å². The first-order valence-corrected chi connectivity index (χ1v) is 5.81. The van der Waals surface area contributed by atoms with Crippen LogP contribution in [0.15, 0.2) is 12.2 Å². The zero-order valence-corrected chi connectivity index (χ0v) is 11.2. The second kappa shape index (κ2) is 6.66. The van der Waals surface area contributed by atoms with Gasteiger partial charge in [-0.05, 0) is 11.8 Å². The smallest absolute Gasteiger partial charge is 0.267 e. The van der Waals surface area contributed by atoms with Gasteiger partial charge >= 0.3 is 0 Å². The maximum atomic E-state index is 12.0. The van der Waals surface area contributed by atoms with E-state index in [-0.39, 0.29) is 11.3 Å². The molecule has 0 unspecified atom stereocenters. The van der Waals surface area contributed by atoms with Crippen LogP contribution in [-0.2, 0) is 4.79 Å². The summed E-state index contributed by atoms with van der Waals surface area (Å²) in [5.74, 6) is -0.0846. The number of hydrogen-bond acceptors (Lipinski definition) is 3. The molecule has 0 fully saturated rings. The van der Waals surface area contributed by atoms with Crippen LogP contribution < -0.4 is 10.9 Å². The quantitative estimate of drug-likeness (QED) is 0.538. The van der Waals surface area contributed by atoms with Crippen LogP contribution in [0.2, 0.25) is 0 Å². The first kappa shape index (κ1) is 15.1. The standard InChI is InChI=1S/C12H25N3O/c1-7-13-15(14-8-2)11(16)10(3)9-12(4,5)6/h13-14H,3,7-9H2,1-2,4-6H3. The molecule has 16 heavy (non-hydrogen) atoms. The lowest BCUT2D eigenvalue weighted by atomic mass is 9.88. The normalized spacial score (nSPS) is 11.3. The largest absolute Gasteiger partial charge is 0.278 e. The lowest BCUT2D eigenvalue weighted by Gasteiger charge is -2.26. The third-order valence-electron chi connectivity index (χ3n) is 1.88. The highest BCUT2D eigenvalue weighted by Crippen LogP contribution is 2.23. The Morgan fingerprint density at radius 3 is 1.94 bits per heavy atom. The summed E-state index contributed by atoms with van der Waals surface area (Å²) in [4.78, 5) is 12.0. The van der Waals surface area contributed by atoms with Crippen molar-refractivity contribution in [3.63, 3.8) is 0 Å². The Hall–Kier alpha value is -0.870. The van der Waals surface area contributed by atoms with E-state index in [4.69, 9.17) is 0 Å². The average molecular weight is 227 g/mol. The zero-order chi connectivity index (χ0) is 12.8. The van der Waals surface area contributed by atoms with Crippen LogP contribution >= 0.6 is 0 Å². The van der Waals surface area contributed by atoms with E-state index < -0.39 is 0 Å². The van der Waals surface area contributed by atoms with Gasteiger partial charge in [0.2, 0.25) is 0 Å². The third kappa shape index (κ3) is 5.88. The minimum absolute atomic E-state index is 0.0802. The molecule has 1 amide bonds. The zero-order valence-electron chi connectivity index (χ0n) is 11.2. The van der Waals surface area contributed by atoms with Crippen molar-refractivity contribution in [2.45, 2.75) is 41.0 Å². The Balaban J connectivity index is 4.43. The van der Waals surface area contributed by atoms with E-state index in [1.54, 1.807) is 0 Å². The van der Waals surface area contributed by atoms with Crippen molar-refractivity contribution in [2.75, 3.05) is 13.1 Å². The van der Waals surface area contributed by atoms with Gasteiger partial charge in [-0.2, -0.15) is 0 Å². The molecule has 2 N–H and O–H groups in total. The summed E-state index contributed by atoms with van der Waals surface area (Å²) >= 11 is 0. The van der Waals surface area contributed by atoms with Gasteiger partial charge in [-0.15, -0.1) is 0 Å². The molecular formula is C12H25N3O. The molecule has 0 atom stereocenters. The van der Waals surface area contributed by atoms with E-state index >= 15 is 0 Å². The topological polar surface area (TPSA) is 44.4 Å². The summed E-state index contributed by atoms with van der Waals surface area (Å²) in [5.41, 5.74) is 6.62. The maximum Gasteiger partial charge on any atom is 0.278 e. The van der Waals surface area contributed by atoms with Crippen molar-refractivity contribution in [2.24, 2.45) is 5.41 Å². The Kier molecular flexibility index (Phi) is 6.29. The summed E-state index contributed by atoms with van der Waals surface area (Å²) in [6, 6.07) is 0. The Morgan fingerprint density at radius 1 is 1.19 bits per heavy atom. The number of hydrazine groups is 2. The molecule has 0 heterocycles. The van der Waals surface area contributed by atoms with Gasteiger partial charge in [0.15, 0.2) is 0 Å². The van der Waals surface area contributed by atoms with Crippen molar-refractivity contribution < 1.29 is 4.79 Å². The van der Waals surface area contributed by atoms with E-state index in [9.17, 15) is 4.79 Å². The average Bonchev–Trinajstić information content (AvgIpc) is 2.13. The number of nitrogens with zero attached hydrogens (tertiary/aromatic N) is 1. The van der Waals surface area contributed by atoms with Crippen LogP contribution in [0.25, 0.3) is 0 Å². The van der Waals surface area contributed by atoms with Crippen molar-refractivity contribution in [3.05, 3.63) is 12.2 Å². The van der Waals surface area contributed by atoms with Gasteiger partial charge in [0.25, 0.3) is 5.91 Å². The van der Waals surface area contributed by atoms with Crippen LogP contribution in [0.4, 0.5) is 0 Å². The van der Waals surface area contributed by atoms with E-state index in [1.165, 1.54) is 5.12 Å². The molecule has 0 aromatic rings.